The number of unbranched alkanes of at least 4 members (excludes halogenated alkanes) is 1. The van der Waals surface area contributed by atoms with Crippen molar-refractivity contribution < 1.29 is 9.90 Å². The fourth-order valence-electron chi connectivity index (χ4n) is 3.11. The number of aryl methyl sites for hydroxylation is 2. The van der Waals surface area contributed by atoms with Gasteiger partial charge < -0.3 is 10.4 Å². The highest BCUT2D eigenvalue weighted by Crippen LogP contribution is 2.40. The molecule has 2 heterocycles. The monoisotopic (exact) mass is 369 g/mol. The van der Waals surface area contributed by atoms with E-state index in [-0.39, 0.29) is 0 Å². The average Bonchev–Trinajstić information content (AvgIpc) is 2.94. The molecule has 0 bridgehead atoms. The molecule has 5 nitrogen and oxygen atoms in total. The van der Waals surface area contributed by atoms with Crippen LogP contribution in [0.5, 0.6) is 0 Å². The SMILES string of the molecule is CCCCC(Nc1nc(C)nc2sc(C)c(-c3ccccc3)c12)C(=O)O. The molecule has 1 unspecified atom stereocenters. The summed E-state index contributed by atoms with van der Waals surface area (Å²) in [6.45, 7) is 5.96. The number of rotatable bonds is 7. The van der Waals surface area contributed by atoms with Crippen molar-refractivity contribution in [2.45, 2.75) is 46.1 Å². The van der Waals surface area contributed by atoms with Crippen LogP contribution in [-0.2, 0) is 4.79 Å². The Morgan fingerprint density at radius 1 is 1.23 bits per heavy atom. The van der Waals surface area contributed by atoms with Gasteiger partial charge in [0.15, 0.2) is 0 Å². The second kappa shape index (κ2) is 7.83. The van der Waals surface area contributed by atoms with E-state index in [0.29, 0.717) is 18.1 Å². The summed E-state index contributed by atoms with van der Waals surface area (Å²) in [4.78, 5) is 22.9. The molecule has 3 rings (SSSR count). The molecule has 6 heteroatoms. The third kappa shape index (κ3) is 3.70. The lowest BCUT2D eigenvalue weighted by atomic mass is 10.0. The first kappa shape index (κ1) is 18.3. The number of fused-ring (bicyclic) bond motifs is 1. The number of carboxylic acids is 1. The van der Waals surface area contributed by atoms with E-state index in [2.05, 4.69) is 41.3 Å². The number of aromatic nitrogens is 2. The maximum absolute atomic E-state index is 11.7. The second-order valence-corrected chi connectivity index (χ2v) is 7.58. The Bertz CT molecular complexity index is 922. The number of carboxylic acid groups (broad SMARTS) is 1. The summed E-state index contributed by atoms with van der Waals surface area (Å²) < 4.78 is 0. The first-order chi connectivity index (χ1) is 12.5. The summed E-state index contributed by atoms with van der Waals surface area (Å²) in [6.07, 6.45) is 2.38. The molecule has 0 radical (unpaired) electrons. The van der Waals surface area contributed by atoms with Gasteiger partial charge in [-0.25, -0.2) is 14.8 Å². The van der Waals surface area contributed by atoms with Gasteiger partial charge in [0, 0.05) is 10.4 Å². The lowest BCUT2D eigenvalue weighted by Crippen LogP contribution is -2.29. The van der Waals surface area contributed by atoms with E-state index in [1.54, 1.807) is 11.3 Å². The van der Waals surface area contributed by atoms with Gasteiger partial charge in [0.1, 0.15) is 22.5 Å². The third-order valence-electron chi connectivity index (χ3n) is 4.36. The highest BCUT2D eigenvalue weighted by Gasteiger charge is 2.22. The first-order valence-electron chi connectivity index (χ1n) is 8.83. The van der Waals surface area contributed by atoms with Crippen LogP contribution in [0.1, 0.15) is 36.9 Å². The molecule has 136 valence electrons. The van der Waals surface area contributed by atoms with E-state index in [1.165, 1.54) is 0 Å². The van der Waals surface area contributed by atoms with Crippen LogP contribution in [0.15, 0.2) is 30.3 Å². The van der Waals surface area contributed by atoms with Crippen LogP contribution in [0.2, 0.25) is 0 Å². The molecule has 2 N–H and O–H groups in total. The predicted molar refractivity (Wildman–Crippen MR) is 107 cm³/mol. The van der Waals surface area contributed by atoms with Crippen molar-refractivity contribution in [2.75, 3.05) is 5.32 Å². The van der Waals surface area contributed by atoms with Crippen LogP contribution in [0.4, 0.5) is 5.82 Å². The topological polar surface area (TPSA) is 75.1 Å². The van der Waals surface area contributed by atoms with Crippen molar-refractivity contribution in [3.8, 4) is 11.1 Å². The number of hydrogen-bond donors (Lipinski definition) is 2. The molecule has 0 saturated heterocycles. The summed E-state index contributed by atoms with van der Waals surface area (Å²) >= 11 is 1.62. The third-order valence-corrected chi connectivity index (χ3v) is 5.36. The van der Waals surface area contributed by atoms with E-state index in [9.17, 15) is 9.90 Å². The highest BCUT2D eigenvalue weighted by molar-refractivity contribution is 7.19. The minimum atomic E-state index is -0.851. The number of anilines is 1. The Hall–Kier alpha value is -2.47. The summed E-state index contributed by atoms with van der Waals surface area (Å²) in [5.74, 6) is 0.399. The van der Waals surface area contributed by atoms with E-state index >= 15 is 0 Å². The van der Waals surface area contributed by atoms with Crippen LogP contribution in [0.25, 0.3) is 21.3 Å². The van der Waals surface area contributed by atoms with Gasteiger partial charge in [-0.3, -0.25) is 0 Å². The molecule has 0 fully saturated rings. The first-order valence-corrected chi connectivity index (χ1v) is 9.65. The lowest BCUT2D eigenvalue weighted by Gasteiger charge is -2.16. The van der Waals surface area contributed by atoms with Crippen LogP contribution < -0.4 is 5.32 Å². The minimum Gasteiger partial charge on any atom is -0.480 e. The zero-order valence-electron chi connectivity index (χ0n) is 15.2. The summed E-state index contributed by atoms with van der Waals surface area (Å²) in [5, 5.41) is 13.7. The quantitative estimate of drug-likeness (QED) is 0.611. The Morgan fingerprint density at radius 2 is 1.96 bits per heavy atom. The molecule has 0 aliphatic heterocycles. The van der Waals surface area contributed by atoms with Gasteiger partial charge in [0.2, 0.25) is 0 Å². The largest absolute Gasteiger partial charge is 0.480 e. The van der Waals surface area contributed by atoms with Gasteiger partial charge in [-0.05, 0) is 25.8 Å². The summed E-state index contributed by atoms with van der Waals surface area (Å²) in [7, 11) is 0. The fourth-order valence-corrected chi connectivity index (χ4v) is 4.20. The van der Waals surface area contributed by atoms with Crippen LogP contribution >= 0.6 is 11.3 Å². The van der Waals surface area contributed by atoms with Crippen molar-refractivity contribution >= 4 is 33.3 Å². The number of nitrogens with zero attached hydrogens (tertiary/aromatic N) is 2. The van der Waals surface area contributed by atoms with Crippen molar-refractivity contribution in [1.29, 1.82) is 0 Å². The van der Waals surface area contributed by atoms with Crippen molar-refractivity contribution in [1.82, 2.24) is 9.97 Å². The van der Waals surface area contributed by atoms with Crippen molar-refractivity contribution in [3.05, 3.63) is 41.0 Å². The van der Waals surface area contributed by atoms with Crippen LogP contribution in [0, 0.1) is 13.8 Å². The normalized spacial score (nSPS) is 12.3. The molecule has 0 aliphatic rings. The van der Waals surface area contributed by atoms with E-state index in [1.807, 2.05) is 25.1 Å². The molecule has 0 amide bonds. The molecule has 26 heavy (non-hydrogen) atoms. The maximum Gasteiger partial charge on any atom is 0.326 e. The van der Waals surface area contributed by atoms with Gasteiger partial charge in [0.25, 0.3) is 0 Å². The molecule has 3 aromatic rings. The number of carbonyl (C=O) groups is 1. The predicted octanol–water partition coefficient (Wildman–Crippen LogP) is 5.03. The Labute approximate surface area is 157 Å². The zero-order chi connectivity index (χ0) is 18.7. The number of hydrogen-bond acceptors (Lipinski definition) is 5. The van der Waals surface area contributed by atoms with Gasteiger partial charge >= 0.3 is 5.97 Å². The maximum atomic E-state index is 11.7. The lowest BCUT2D eigenvalue weighted by molar-refractivity contribution is -0.138. The number of aliphatic carboxylic acids is 1. The average molecular weight is 369 g/mol. The Morgan fingerprint density at radius 3 is 2.62 bits per heavy atom. The number of nitrogens with one attached hydrogen (secondary N) is 1. The molecule has 1 atom stereocenters. The highest BCUT2D eigenvalue weighted by atomic mass is 32.1. The number of benzene rings is 1. The van der Waals surface area contributed by atoms with Gasteiger partial charge in [-0.2, -0.15) is 0 Å². The van der Waals surface area contributed by atoms with Gasteiger partial charge in [0.05, 0.1) is 5.39 Å². The molecule has 0 spiro atoms. The van der Waals surface area contributed by atoms with E-state index < -0.39 is 12.0 Å². The molecule has 0 saturated carbocycles. The van der Waals surface area contributed by atoms with E-state index in [0.717, 1.165) is 39.1 Å². The summed E-state index contributed by atoms with van der Waals surface area (Å²) in [5.41, 5.74) is 2.17. The van der Waals surface area contributed by atoms with Crippen LogP contribution in [0.3, 0.4) is 0 Å². The molecule has 1 aromatic carbocycles. The zero-order valence-corrected chi connectivity index (χ0v) is 16.1. The Balaban J connectivity index is 2.14. The Kier molecular flexibility index (Phi) is 5.52. The minimum absolute atomic E-state index is 0.570. The number of thiophene rings is 1. The second-order valence-electron chi connectivity index (χ2n) is 6.38. The summed E-state index contributed by atoms with van der Waals surface area (Å²) in [6, 6.07) is 9.45. The molecular formula is C20H23N3O2S. The van der Waals surface area contributed by atoms with Gasteiger partial charge in [-0.1, -0.05) is 50.1 Å². The van der Waals surface area contributed by atoms with Crippen LogP contribution in [-0.4, -0.2) is 27.1 Å². The fraction of sp³-hybridized carbons (Fsp3) is 0.350. The molecule has 0 aliphatic carbocycles. The van der Waals surface area contributed by atoms with Gasteiger partial charge in [-0.15, -0.1) is 11.3 Å². The molecular weight excluding hydrogens is 346 g/mol. The standard InChI is InChI=1S/C20H23N3O2S/c1-4-5-11-15(20(24)25)23-18-17-16(14-9-7-6-8-10-14)12(2)26-19(17)22-13(3)21-18/h6-10,15H,4-5,11H2,1-3H3,(H,24,25)(H,21,22,23). The van der Waals surface area contributed by atoms with Crippen molar-refractivity contribution in [3.63, 3.8) is 0 Å². The molecule has 2 aromatic heterocycles. The smallest absolute Gasteiger partial charge is 0.326 e. The van der Waals surface area contributed by atoms with E-state index in [4.69, 9.17) is 0 Å². The van der Waals surface area contributed by atoms with Crippen molar-refractivity contribution in [2.24, 2.45) is 0 Å².